The molecule has 0 spiro atoms. The molecule has 120 valence electrons. The number of carboxylic acids is 1. The van der Waals surface area contributed by atoms with Gasteiger partial charge in [-0.15, -0.1) is 11.3 Å². The number of carboxylic acid groups (broad SMARTS) is 1. The van der Waals surface area contributed by atoms with Gasteiger partial charge in [0.15, 0.2) is 0 Å². The lowest BCUT2D eigenvalue weighted by Gasteiger charge is -2.23. The number of nitrogens with zero attached hydrogens (tertiary/aromatic N) is 1. The molecule has 0 aromatic carbocycles. The summed E-state index contributed by atoms with van der Waals surface area (Å²) in [6.45, 7) is 8.25. The predicted octanol–water partition coefficient (Wildman–Crippen LogP) is 1.38. The molecule has 0 saturated carbocycles. The number of rotatable bonds is 9. The minimum Gasteiger partial charge on any atom is -0.481 e. The van der Waals surface area contributed by atoms with Gasteiger partial charge in [-0.05, 0) is 32.1 Å². The SMILES string of the molecule is CCN(CC)CC(C)NS(=O)(=O)c1ccc(CC(=O)O)s1. The number of likely N-dealkylation sites (N-methyl/N-ethyl adjacent to an activating group) is 1. The summed E-state index contributed by atoms with van der Waals surface area (Å²) in [6, 6.07) is 2.79. The molecule has 2 N–H and O–H groups in total. The molecular weight excluding hydrogens is 312 g/mol. The molecule has 0 amide bonds. The summed E-state index contributed by atoms with van der Waals surface area (Å²) >= 11 is 0.996. The molecule has 1 unspecified atom stereocenters. The fraction of sp³-hybridized carbons (Fsp3) is 0.615. The third kappa shape index (κ3) is 5.74. The van der Waals surface area contributed by atoms with Crippen LogP contribution in [-0.2, 0) is 21.2 Å². The maximum absolute atomic E-state index is 12.2. The Balaban J connectivity index is 2.72. The van der Waals surface area contributed by atoms with Gasteiger partial charge in [-0.25, -0.2) is 13.1 Å². The molecule has 6 nitrogen and oxygen atoms in total. The number of aliphatic carboxylic acids is 1. The molecule has 21 heavy (non-hydrogen) atoms. The first-order chi connectivity index (χ1) is 9.78. The van der Waals surface area contributed by atoms with E-state index in [0.717, 1.165) is 24.4 Å². The highest BCUT2D eigenvalue weighted by Crippen LogP contribution is 2.22. The Morgan fingerprint density at radius 1 is 1.38 bits per heavy atom. The molecule has 0 saturated heterocycles. The van der Waals surface area contributed by atoms with Crippen LogP contribution in [0.4, 0.5) is 0 Å². The van der Waals surface area contributed by atoms with Crippen LogP contribution in [0.1, 0.15) is 25.6 Å². The van der Waals surface area contributed by atoms with Gasteiger partial charge < -0.3 is 10.0 Å². The van der Waals surface area contributed by atoms with Crippen LogP contribution in [0.5, 0.6) is 0 Å². The number of sulfonamides is 1. The van der Waals surface area contributed by atoms with E-state index in [1.54, 1.807) is 6.07 Å². The lowest BCUT2D eigenvalue weighted by atomic mass is 10.3. The summed E-state index contributed by atoms with van der Waals surface area (Å²) in [5, 5.41) is 8.71. The molecule has 0 bridgehead atoms. The molecule has 8 heteroatoms. The Kier molecular flexibility index (Phi) is 6.79. The van der Waals surface area contributed by atoms with Crippen molar-refractivity contribution in [3.63, 3.8) is 0 Å². The van der Waals surface area contributed by atoms with Crippen LogP contribution in [0, 0.1) is 0 Å². The van der Waals surface area contributed by atoms with Gasteiger partial charge in [0.1, 0.15) is 4.21 Å². The number of hydrogen-bond acceptors (Lipinski definition) is 5. The number of thiophene rings is 1. The lowest BCUT2D eigenvalue weighted by molar-refractivity contribution is -0.136. The van der Waals surface area contributed by atoms with Gasteiger partial charge in [0.2, 0.25) is 10.0 Å². The molecule has 1 atom stereocenters. The molecule has 0 radical (unpaired) electrons. The van der Waals surface area contributed by atoms with E-state index in [1.807, 2.05) is 20.8 Å². The quantitative estimate of drug-likeness (QED) is 0.712. The number of nitrogens with one attached hydrogen (secondary N) is 1. The molecular formula is C13H22N2O4S2. The summed E-state index contributed by atoms with van der Waals surface area (Å²) in [5.41, 5.74) is 0. The smallest absolute Gasteiger partial charge is 0.308 e. The van der Waals surface area contributed by atoms with Crippen LogP contribution in [0.3, 0.4) is 0 Å². The highest BCUT2D eigenvalue weighted by molar-refractivity contribution is 7.91. The second-order valence-corrected chi connectivity index (χ2v) is 7.91. The van der Waals surface area contributed by atoms with Gasteiger partial charge >= 0.3 is 5.97 Å². The Morgan fingerprint density at radius 2 is 2.00 bits per heavy atom. The summed E-state index contributed by atoms with van der Waals surface area (Å²) in [7, 11) is -3.59. The van der Waals surface area contributed by atoms with Gasteiger partial charge in [-0.1, -0.05) is 13.8 Å². The molecule has 1 aromatic heterocycles. The molecule has 1 heterocycles. The van der Waals surface area contributed by atoms with Crippen molar-refractivity contribution >= 4 is 27.3 Å². The Labute approximate surface area is 129 Å². The second kappa shape index (κ2) is 7.88. The van der Waals surface area contributed by atoms with E-state index in [4.69, 9.17) is 5.11 Å². The zero-order valence-electron chi connectivity index (χ0n) is 12.5. The first kappa shape index (κ1) is 18.1. The van der Waals surface area contributed by atoms with Gasteiger partial charge in [0, 0.05) is 17.5 Å². The highest BCUT2D eigenvalue weighted by atomic mass is 32.2. The molecule has 1 rings (SSSR count). The van der Waals surface area contributed by atoms with Crippen LogP contribution < -0.4 is 4.72 Å². The largest absolute Gasteiger partial charge is 0.481 e. The summed E-state index contributed by atoms with van der Waals surface area (Å²) < 4.78 is 27.3. The maximum Gasteiger partial charge on any atom is 0.308 e. The minimum absolute atomic E-state index is 0.158. The van der Waals surface area contributed by atoms with Crippen molar-refractivity contribution < 1.29 is 18.3 Å². The van der Waals surface area contributed by atoms with Gasteiger partial charge in [0.25, 0.3) is 0 Å². The number of hydrogen-bond donors (Lipinski definition) is 2. The van der Waals surface area contributed by atoms with Crippen molar-refractivity contribution in [1.82, 2.24) is 9.62 Å². The van der Waals surface area contributed by atoms with Crippen LogP contribution in [0.2, 0.25) is 0 Å². The average Bonchev–Trinajstić information content (AvgIpc) is 2.83. The van der Waals surface area contributed by atoms with Crippen LogP contribution >= 0.6 is 11.3 Å². The minimum atomic E-state index is -3.59. The third-order valence-electron chi connectivity index (χ3n) is 3.01. The van der Waals surface area contributed by atoms with Crippen molar-refractivity contribution in [2.24, 2.45) is 0 Å². The zero-order valence-corrected chi connectivity index (χ0v) is 14.1. The highest BCUT2D eigenvalue weighted by Gasteiger charge is 2.21. The molecule has 0 fully saturated rings. The Hall–Kier alpha value is -0.960. The van der Waals surface area contributed by atoms with Crippen molar-refractivity contribution in [2.75, 3.05) is 19.6 Å². The van der Waals surface area contributed by atoms with Crippen molar-refractivity contribution in [2.45, 2.75) is 37.4 Å². The van der Waals surface area contributed by atoms with E-state index in [-0.39, 0.29) is 16.7 Å². The van der Waals surface area contributed by atoms with Gasteiger partial charge in [0.05, 0.1) is 6.42 Å². The molecule has 0 aliphatic heterocycles. The predicted molar refractivity (Wildman–Crippen MR) is 83.2 cm³/mol. The summed E-state index contributed by atoms with van der Waals surface area (Å²) in [4.78, 5) is 13.3. The normalized spacial score (nSPS) is 13.5. The van der Waals surface area contributed by atoms with Crippen molar-refractivity contribution in [3.8, 4) is 0 Å². The lowest BCUT2D eigenvalue weighted by Crippen LogP contribution is -2.41. The van der Waals surface area contributed by atoms with Crippen LogP contribution in [0.25, 0.3) is 0 Å². The first-order valence-corrected chi connectivity index (χ1v) is 9.13. The van der Waals surface area contributed by atoms with Crippen molar-refractivity contribution in [1.29, 1.82) is 0 Å². The van der Waals surface area contributed by atoms with E-state index in [9.17, 15) is 13.2 Å². The fourth-order valence-electron chi connectivity index (χ4n) is 1.98. The molecule has 0 aliphatic rings. The number of carbonyl (C=O) groups is 1. The molecule has 0 aliphatic carbocycles. The Morgan fingerprint density at radius 3 is 2.52 bits per heavy atom. The standard InChI is InChI=1S/C13H22N2O4S2/c1-4-15(5-2)9-10(3)14-21(18,19)13-7-6-11(20-13)8-12(16)17/h6-7,10,14H,4-5,8-9H2,1-3H3,(H,16,17). The Bertz CT molecular complexity index is 564. The van der Waals surface area contributed by atoms with Crippen LogP contribution in [-0.4, -0.2) is 50.1 Å². The zero-order chi connectivity index (χ0) is 16.0. The van der Waals surface area contributed by atoms with Crippen molar-refractivity contribution in [3.05, 3.63) is 17.0 Å². The first-order valence-electron chi connectivity index (χ1n) is 6.83. The van der Waals surface area contributed by atoms with E-state index < -0.39 is 16.0 Å². The van der Waals surface area contributed by atoms with E-state index in [1.165, 1.54) is 6.07 Å². The maximum atomic E-state index is 12.2. The topological polar surface area (TPSA) is 86.7 Å². The summed E-state index contributed by atoms with van der Waals surface area (Å²) in [6.07, 6.45) is -0.158. The van der Waals surface area contributed by atoms with Crippen LogP contribution in [0.15, 0.2) is 16.3 Å². The van der Waals surface area contributed by atoms with E-state index >= 15 is 0 Å². The van der Waals surface area contributed by atoms with E-state index in [0.29, 0.717) is 11.4 Å². The van der Waals surface area contributed by atoms with E-state index in [2.05, 4.69) is 9.62 Å². The molecule has 1 aromatic rings. The van der Waals surface area contributed by atoms with Gasteiger partial charge in [-0.3, -0.25) is 4.79 Å². The average molecular weight is 334 g/mol. The monoisotopic (exact) mass is 334 g/mol. The third-order valence-corrected chi connectivity index (χ3v) is 6.18. The van der Waals surface area contributed by atoms with Gasteiger partial charge in [-0.2, -0.15) is 0 Å². The second-order valence-electron chi connectivity index (χ2n) is 4.80. The fourth-order valence-corrected chi connectivity index (χ4v) is 4.57. The summed E-state index contributed by atoms with van der Waals surface area (Å²) in [5.74, 6) is -0.969.